The molecule has 6 nitrogen and oxygen atoms in total. The molecular weight excluding hydrogens is 404 g/mol. The van der Waals surface area contributed by atoms with Gasteiger partial charge < -0.3 is 20.1 Å². The number of anilines is 2. The Morgan fingerprint density at radius 1 is 0.844 bits per heavy atom. The van der Waals surface area contributed by atoms with Gasteiger partial charge in [-0.3, -0.25) is 9.59 Å². The van der Waals surface area contributed by atoms with E-state index in [4.69, 9.17) is 9.47 Å². The first-order valence-corrected chi connectivity index (χ1v) is 10.3. The van der Waals surface area contributed by atoms with Gasteiger partial charge in [0.1, 0.15) is 11.5 Å². The molecule has 0 aliphatic heterocycles. The van der Waals surface area contributed by atoms with Crippen molar-refractivity contribution in [2.75, 3.05) is 24.4 Å². The quantitative estimate of drug-likeness (QED) is 0.534. The normalized spacial score (nSPS) is 10.9. The van der Waals surface area contributed by atoms with E-state index < -0.39 is 0 Å². The Morgan fingerprint density at radius 3 is 2.22 bits per heavy atom. The molecule has 6 heteroatoms. The van der Waals surface area contributed by atoms with E-state index in [0.717, 1.165) is 5.56 Å². The van der Waals surface area contributed by atoms with Gasteiger partial charge in [0.15, 0.2) is 6.61 Å². The van der Waals surface area contributed by atoms with Gasteiger partial charge in [0.05, 0.1) is 18.4 Å². The van der Waals surface area contributed by atoms with E-state index >= 15 is 0 Å². The number of carbonyl (C=O) groups is 2. The monoisotopic (exact) mass is 432 g/mol. The molecule has 0 saturated heterocycles. The standard InChI is InChI=1S/C26H28N2O4/c1-26(2,3)18-14-15-23(31-4)21(16-18)28-24(29)17-32-22-13-9-8-12-20(22)25(30)27-19-10-6-5-7-11-19/h5-16H,17H2,1-4H3,(H,27,30)(H,28,29). The van der Waals surface area contributed by atoms with Crippen LogP contribution in [0.25, 0.3) is 0 Å². The summed E-state index contributed by atoms with van der Waals surface area (Å²) < 4.78 is 11.1. The molecule has 0 bridgehead atoms. The van der Waals surface area contributed by atoms with Gasteiger partial charge in [0.25, 0.3) is 11.8 Å². The maximum absolute atomic E-state index is 12.7. The molecule has 3 aromatic rings. The third-order valence-electron chi connectivity index (χ3n) is 4.86. The van der Waals surface area contributed by atoms with E-state index in [0.29, 0.717) is 28.4 Å². The van der Waals surface area contributed by atoms with Crippen LogP contribution in [-0.2, 0) is 10.2 Å². The second kappa shape index (κ2) is 10.0. The van der Waals surface area contributed by atoms with Crippen molar-refractivity contribution in [2.24, 2.45) is 0 Å². The first-order valence-electron chi connectivity index (χ1n) is 10.3. The van der Waals surface area contributed by atoms with E-state index in [9.17, 15) is 9.59 Å². The van der Waals surface area contributed by atoms with E-state index in [-0.39, 0.29) is 23.8 Å². The molecule has 0 unspecified atom stereocenters. The highest BCUT2D eigenvalue weighted by molar-refractivity contribution is 6.06. The Hall–Kier alpha value is -3.80. The van der Waals surface area contributed by atoms with Crippen molar-refractivity contribution in [3.63, 3.8) is 0 Å². The molecule has 0 spiro atoms. The Kier molecular flexibility index (Phi) is 7.15. The first kappa shape index (κ1) is 22.9. The second-order valence-electron chi connectivity index (χ2n) is 8.32. The van der Waals surface area contributed by atoms with Gasteiger partial charge in [-0.25, -0.2) is 0 Å². The smallest absolute Gasteiger partial charge is 0.262 e. The number of rotatable bonds is 7. The number of benzene rings is 3. The topological polar surface area (TPSA) is 76.7 Å². The Morgan fingerprint density at radius 2 is 1.53 bits per heavy atom. The van der Waals surface area contributed by atoms with Crippen LogP contribution >= 0.6 is 0 Å². The summed E-state index contributed by atoms with van der Waals surface area (Å²) in [5, 5.41) is 5.67. The van der Waals surface area contributed by atoms with Gasteiger partial charge in [0.2, 0.25) is 0 Å². The summed E-state index contributed by atoms with van der Waals surface area (Å²) >= 11 is 0. The fraction of sp³-hybridized carbons (Fsp3) is 0.231. The molecule has 0 fully saturated rings. The molecule has 2 N–H and O–H groups in total. The number of hydrogen-bond donors (Lipinski definition) is 2. The SMILES string of the molecule is COc1ccc(C(C)(C)C)cc1NC(=O)COc1ccccc1C(=O)Nc1ccccc1. The Balaban J connectivity index is 1.69. The predicted molar refractivity (Wildman–Crippen MR) is 127 cm³/mol. The molecule has 2 amide bonds. The third kappa shape index (κ3) is 5.88. The third-order valence-corrected chi connectivity index (χ3v) is 4.86. The van der Waals surface area contributed by atoms with Crippen LogP contribution in [0.15, 0.2) is 72.8 Å². The molecule has 3 aromatic carbocycles. The van der Waals surface area contributed by atoms with Crippen molar-refractivity contribution >= 4 is 23.2 Å². The summed E-state index contributed by atoms with van der Waals surface area (Å²) in [6.07, 6.45) is 0. The molecule has 3 rings (SSSR count). The van der Waals surface area contributed by atoms with Gasteiger partial charge in [-0.2, -0.15) is 0 Å². The highest BCUT2D eigenvalue weighted by atomic mass is 16.5. The zero-order valence-electron chi connectivity index (χ0n) is 18.8. The fourth-order valence-electron chi connectivity index (χ4n) is 3.10. The summed E-state index contributed by atoms with van der Waals surface area (Å²) in [6.45, 7) is 6.04. The van der Waals surface area contributed by atoms with Crippen molar-refractivity contribution < 1.29 is 19.1 Å². The van der Waals surface area contributed by atoms with E-state index in [1.54, 1.807) is 43.5 Å². The highest BCUT2D eigenvalue weighted by Gasteiger charge is 2.18. The summed E-state index contributed by atoms with van der Waals surface area (Å²) in [7, 11) is 1.56. The van der Waals surface area contributed by atoms with Gasteiger partial charge in [0, 0.05) is 5.69 Å². The van der Waals surface area contributed by atoms with Crippen LogP contribution in [-0.4, -0.2) is 25.5 Å². The number of carbonyl (C=O) groups excluding carboxylic acids is 2. The molecular formula is C26H28N2O4. The van der Waals surface area contributed by atoms with Crippen molar-refractivity contribution in [1.29, 1.82) is 0 Å². The number of methoxy groups -OCH3 is 1. The minimum absolute atomic E-state index is 0.0761. The fourth-order valence-corrected chi connectivity index (χ4v) is 3.10. The number of amides is 2. The zero-order valence-corrected chi connectivity index (χ0v) is 18.8. The van der Waals surface area contributed by atoms with Crippen molar-refractivity contribution in [3.05, 3.63) is 83.9 Å². The maximum atomic E-state index is 12.7. The van der Waals surface area contributed by atoms with Gasteiger partial charge >= 0.3 is 0 Å². The van der Waals surface area contributed by atoms with Crippen LogP contribution in [0.3, 0.4) is 0 Å². The van der Waals surface area contributed by atoms with E-state index in [1.807, 2.05) is 36.4 Å². The number of para-hydroxylation sites is 2. The van der Waals surface area contributed by atoms with Crippen LogP contribution in [0.2, 0.25) is 0 Å². The van der Waals surface area contributed by atoms with Crippen molar-refractivity contribution in [2.45, 2.75) is 26.2 Å². The van der Waals surface area contributed by atoms with Gasteiger partial charge in [-0.15, -0.1) is 0 Å². The number of nitrogens with one attached hydrogen (secondary N) is 2. The largest absolute Gasteiger partial charge is 0.495 e. The summed E-state index contributed by atoms with van der Waals surface area (Å²) in [6, 6.07) is 21.7. The molecule has 0 radical (unpaired) electrons. The Labute approximate surface area is 188 Å². The molecule has 0 aliphatic rings. The van der Waals surface area contributed by atoms with Gasteiger partial charge in [-0.1, -0.05) is 57.2 Å². The lowest BCUT2D eigenvalue weighted by Crippen LogP contribution is -2.22. The molecule has 32 heavy (non-hydrogen) atoms. The molecule has 0 heterocycles. The van der Waals surface area contributed by atoms with Crippen LogP contribution in [0.1, 0.15) is 36.7 Å². The lowest BCUT2D eigenvalue weighted by Gasteiger charge is -2.21. The molecule has 0 saturated carbocycles. The lowest BCUT2D eigenvalue weighted by molar-refractivity contribution is -0.118. The Bertz CT molecular complexity index is 1090. The molecule has 0 atom stereocenters. The van der Waals surface area contributed by atoms with Crippen LogP contribution in [0.4, 0.5) is 11.4 Å². The minimum atomic E-state index is -0.354. The summed E-state index contributed by atoms with van der Waals surface area (Å²) in [4.78, 5) is 25.3. The zero-order chi connectivity index (χ0) is 23.1. The van der Waals surface area contributed by atoms with E-state index in [1.165, 1.54) is 0 Å². The minimum Gasteiger partial charge on any atom is -0.495 e. The van der Waals surface area contributed by atoms with Crippen molar-refractivity contribution in [3.8, 4) is 11.5 Å². The van der Waals surface area contributed by atoms with Crippen molar-refractivity contribution in [1.82, 2.24) is 0 Å². The van der Waals surface area contributed by atoms with Gasteiger partial charge in [-0.05, 0) is 47.4 Å². The summed E-state index contributed by atoms with van der Waals surface area (Å²) in [5.41, 5.74) is 2.58. The van der Waals surface area contributed by atoms with Crippen LogP contribution in [0, 0.1) is 0 Å². The molecule has 166 valence electrons. The molecule has 0 aromatic heterocycles. The lowest BCUT2D eigenvalue weighted by atomic mass is 9.87. The number of ether oxygens (including phenoxy) is 2. The first-order chi connectivity index (χ1) is 15.3. The number of hydrogen-bond acceptors (Lipinski definition) is 4. The highest BCUT2D eigenvalue weighted by Crippen LogP contribution is 2.31. The van der Waals surface area contributed by atoms with Crippen LogP contribution < -0.4 is 20.1 Å². The average Bonchev–Trinajstić information content (AvgIpc) is 2.78. The average molecular weight is 433 g/mol. The second-order valence-corrected chi connectivity index (χ2v) is 8.32. The maximum Gasteiger partial charge on any atom is 0.262 e. The predicted octanol–water partition coefficient (Wildman–Crippen LogP) is 5.26. The van der Waals surface area contributed by atoms with Crippen LogP contribution in [0.5, 0.6) is 11.5 Å². The summed E-state index contributed by atoms with van der Waals surface area (Å²) in [5.74, 6) is 0.222. The molecule has 0 aliphatic carbocycles. The van der Waals surface area contributed by atoms with E-state index in [2.05, 4.69) is 31.4 Å².